The summed E-state index contributed by atoms with van der Waals surface area (Å²) in [5.41, 5.74) is 4.52. The van der Waals surface area contributed by atoms with Crippen LogP contribution in [0.2, 0.25) is 0 Å². The number of nitrogens with one attached hydrogen (secondary N) is 1. The average molecular weight is 348 g/mol. The number of aromatic nitrogens is 1. The number of nitrogens with zero attached hydrogens (tertiary/aromatic N) is 2. The molecule has 1 N–H and O–H groups in total. The number of hydrogen-bond donors (Lipinski definition) is 1. The molecule has 0 unspecified atom stereocenters. The lowest BCUT2D eigenvalue weighted by Gasteiger charge is -2.12. The highest BCUT2D eigenvalue weighted by Gasteiger charge is 2.10. The van der Waals surface area contributed by atoms with Crippen LogP contribution in [0.5, 0.6) is 0 Å². The predicted molar refractivity (Wildman–Crippen MR) is 101 cm³/mol. The zero-order chi connectivity index (χ0) is 15.5. The number of anilines is 3. The second kappa shape index (κ2) is 6.73. The minimum Gasteiger partial charge on any atom is -0.378 e. The van der Waals surface area contributed by atoms with E-state index in [0.717, 1.165) is 16.5 Å². The maximum Gasteiger partial charge on any atom is 0.187 e. The van der Waals surface area contributed by atoms with Crippen molar-refractivity contribution in [1.29, 1.82) is 0 Å². The molecular formula is C16H17N3S3. The number of rotatable bonds is 5. The number of thioether (sulfide) groups is 1. The van der Waals surface area contributed by atoms with Gasteiger partial charge in [0, 0.05) is 36.4 Å². The lowest BCUT2D eigenvalue weighted by Crippen LogP contribution is -2.08. The van der Waals surface area contributed by atoms with Crippen LogP contribution in [0, 0.1) is 0 Å². The van der Waals surface area contributed by atoms with Gasteiger partial charge < -0.3 is 10.2 Å². The lowest BCUT2D eigenvalue weighted by molar-refractivity contribution is 1.13. The number of thiophene rings is 1. The monoisotopic (exact) mass is 347 g/mol. The Hall–Kier alpha value is -1.50. The van der Waals surface area contributed by atoms with Crippen molar-refractivity contribution in [1.82, 2.24) is 4.98 Å². The zero-order valence-corrected chi connectivity index (χ0v) is 15.1. The third kappa shape index (κ3) is 3.29. The van der Waals surface area contributed by atoms with E-state index in [9.17, 15) is 0 Å². The highest BCUT2D eigenvalue weighted by molar-refractivity contribution is 8.00. The van der Waals surface area contributed by atoms with E-state index < -0.39 is 0 Å². The highest BCUT2D eigenvalue weighted by atomic mass is 32.2. The molecule has 0 saturated carbocycles. The van der Waals surface area contributed by atoms with Crippen LogP contribution in [0.15, 0.2) is 45.3 Å². The van der Waals surface area contributed by atoms with Crippen molar-refractivity contribution in [2.45, 2.75) is 4.21 Å². The van der Waals surface area contributed by atoms with Crippen molar-refractivity contribution in [2.75, 3.05) is 30.6 Å². The number of benzene rings is 1. The van der Waals surface area contributed by atoms with Crippen LogP contribution in [-0.2, 0) is 0 Å². The van der Waals surface area contributed by atoms with Gasteiger partial charge in [-0.25, -0.2) is 4.98 Å². The van der Waals surface area contributed by atoms with Crippen molar-refractivity contribution in [3.05, 3.63) is 41.1 Å². The van der Waals surface area contributed by atoms with E-state index in [1.807, 2.05) is 14.1 Å². The molecule has 22 heavy (non-hydrogen) atoms. The molecule has 0 spiro atoms. The van der Waals surface area contributed by atoms with Gasteiger partial charge in [-0.3, -0.25) is 0 Å². The summed E-state index contributed by atoms with van der Waals surface area (Å²) >= 11 is 5.17. The van der Waals surface area contributed by atoms with E-state index >= 15 is 0 Å². The normalized spacial score (nSPS) is 10.7. The SMILES string of the molecule is CSc1sccc1-c1csc(Nc2ccc(N(C)C)cc2)n1. The summed E-state index contributed by atoms with van der Waals surface area (Å²) in [5.74, 6) is 0. The van der Waals surface area contributed by atoms with Gasteiger partial charge in [-0.15, -0.1) is 34.4 Å². The third-order valence-electron chi connectivity index (χ3n) is 3.23. The molecule has 3 nitrogen and oxygen atoms in total. The van der Waals surface area contributed by atoms with Crippen LogP contribution in [0.25, 0.3) is 11.3 Å². The fourth-order valence-corrected chi connectivity index (χ4v) is 4.37. The van der Waals surface area contributed by atoms with Gasteiger partial charge in [0.1, 0.15) is 0 Å². The molecular weight excluding hydrogens is 330 g/mol. The maximum absolute atomic E-state index is 4.70. The quantitative estimate of drug-likeness (QED) is 0.625. The van der Waals surface area contributed by atoms with Crippen molar-refractivity contribution in [3.63, 3.8) is 0 Å². The molecule has 2 heterocycles. The molecule has 0 amide bonds. The molecule has 0 saturated heterocycles. The highest BCUT2D eigenvalue weighted by Crippen LogP contribution is 2.36. The molecule has 0 fully saturated rings. The van der Waals surface area contributed by atoms with Crippen LogP contribution < -0.4 is 10.2 Å². The van der Waals surface area contributed by atoms with Gasteiger partial charge in [0.2, 0.25) is 0 Å². The first-order valence-corrected chi connectivity index (χ1v) is 9.77. The maximum atomic E-state index is 4.70. The topological polar surface area (TPSA) is 28.2 Å². The first-order valence-electron chi connectivity index (χ1n) is 6.79. The minimum absolute atomic E-state index is 0.922. The Balaban J connectivity index is 1.77. The van der Waals surface area contributed by atoms with E-state index in [0.29, 0.717) is 0 Å². The van der Waals surface area contributed by atoms with Gasteiger partial charge >= 0.3 is 0 Å². The summed E-state index contributed by atoms with van der Waals surface area (Å²) < 4.78 is 1.31. The Kier molecular flexibility index (Phi) is 4.71. The molecule has 2 aromatic heterocycles. The fraction of sp³-hybridized carbons (Fsp3) is 0.188. The number of thiazole rings is 1. The van der Waals surface area contributed by atoms with Gasteiger partial charge in [0.25, 0.3) is 0 Å². The molecule has 3 aromatic rings. The van der Waals surface area contributed by atoms with Gasteiger partial charge in [0.15, 0.2) is 5.13 Å². The van der Waals surface area contributed by atoms with Crippen LogP contribution in [0.3, 0.4) is 0 Å². The molecule has 3 rings (SSSR count). The largest absolute Gasteiger partial charge is 0.378 e. The zero-order valence-electron chi connectivity index (χ0n) is 12.7. The first-order chi connectivity index (χ1) is 10.7. The Bertz CT molecular complexity index is 744. The summed E-state index contributed by atoms with van der Waals surface area (Å²) in [7, 11) is 4.08. The van der Waals surface area contributed by atoms with E-state index in [4.69, 9.17) is 4.98 Å². The van der Waals surface area contributed by atoms with E-state index in [2.05, 4.69) is 57.6 Å². The van der Waals surface area contributed by atoms with Crippen molar-refractivity contribution in [2.24, 2.45) is 0 Å². The van der Waals surface area contributed by atoms with Crippen molar-refractivity contribution in [3.8, 4) is 11.3 Å². The summed E-state index contributed by atoms with van der Waals surface area (Å²) in [4.78, 5) is 6.79. The average Bonchev–Trinajstić information content (AvgIpc) is 3.15. The predicted octanol–water partition coefficient (Wildman–Crippen LogP) is 5.40. The van der Waals surface area contributed by atoms with E-state index in [1.165, 1.54) is 15.5 Å². The molecule has 1 aromatic carbocycles. The van der Waals surface area contributed by atoms with Crippen LogP contribution in [0.4, 0.5) is 16.5 Å². The third-order valence-corrected chi connectivity index (χ3v) is 6.07. The lowest BCUT2D eigenvalue weighted by atomic mass is 10.2. The van der Waals surface area contributed by atoms with E-state index in [-0.39, 0.29) is 0 Å². The van der Waals surface area contributed by atoms with Crippen LogP contribution in [0.1, 0.15) is 0 Å². The Morgan fingerprint density at radius 1 is 1.09 bits per heavy atom. The molecule has 0 aliphatic carbocycles. The van der Waals surface area contributed by atoms with Crippen LogP contribution >= 0.6 is 34.4 Å². The Morgan fingerprint density at radius 3 is 2.55 bits per heavy atom. The summed E-state index contributed by atoms with van der Waals surface area (Å²) in [6.07, 6.45) is 2.10. The van der Waals surface area contributed by atoms with Crippen molar-refractivity contribution < 1.29 is 0 Å². The molecule has 0 aliphatic heterocycles. The standard InChI is InChI=1S/C16H17N3S3/c1-19(2)12-6-4-11(5-7-12)17-16-18-14(10-22-16)13-8-9-21-15(13)20-3/h4-10H,1-3H3,(H,17,18). The van der Waals surface area contributed by atoms with Gasteiger partial charge in [0.05, 0.1) is 9.90 Å². The van der Waals surface area contributed by atoms with Gasteiger partial charge in [-0.05, 0) is 42.0 Å². The number of hydrogen-bond acceptors (Lipinski definition) is 6. The molecule has 114 valence electrons. The summed E-state index contributed by atoms with van der Waals surface area (Å²) in [6, 6.07) is 10.5. The van der Waals surface area contributed by atoms with Crippen molar-refractivity contribution >= 4 is 50.9 Å². The molecule has 6 heteroatoms. The molecule has 0 aliphatic rings. The molecule has 0 atom stereocenters. The smallest absolute Gasteiger partial charge is 0.187 e. The molecule has 0 bridgehead atoms. The van der Waals surface area contributed by atoms with Crippen LogP contribution in [-0.4, -0.2) is 25.3 Å². The minimum atomic E-state index is 0.922. The van der Waals surface area contributed by atoms with Gasteiger partial charge in [-0.2, -0.15) is 0 Å². The Labute approximate surface area is 143 Å². The second-order valence-electron chi connectivity index (χ2n) is 4.93. The summed E-state index contributed by atoms with van der Waals surface area (Å²) in [6.45, 7) is 0. The van der Waals surface area contributed by atoms with E-state index in [1.54, 1.807) is 34.4 Å². The summed E-state index contributed by atoms with van der Waals surface area (Å²) in [5, 5.41) is 8.53. The second-order valence-corrected chi connectivity index (χ2v) is 7.78. The fourth-order valence-electron chi connectivity index (χ4n) is 2.06. The van der Waals surface area contributed by atoms with Gasteiger partial charge in [-0.1, -0.05) is 0 Å². The first kappa shape index (κ1) is 15.4. The Morgan fingerprint density at radius 2 is 1.86 bits per heavy atom. The molecule has 0 radical (unpaired) electrons.